The van der Waals surface area contributed by atoms with Crippen molar-refractivity contribution in [3.05, 3.63) is 132 Å². The van der Waals surface area contributed by atoms with Gasteiger partial charge in [0.05, 0.1) is 13.3 Å². The lowest BCUT2D eigenvalue weighted by molar-refractivity contribution is -0.117. The van der Waals surface area contributed by atoms with Gasteiger partial charge < -0.3 is 10.1 Å². The summed E-state index contributed by atoms with van der Waals surface area (Å²) in [7, 11) is 1.58. The number of nitrogens with one attached hydrogen (secondary N) is 2. The van der Waals surface area contributed by atoms with E-state index in [9.17, 15) is 9.59 Å². The molecule has 2 N–H and O–H groups in total. The highest BCUT2D eigenvalue weighted by Crippen LogP contribution is 2.27. The van der Waals surface area contributed by atoms with E-state index < -0.39 is 11.8 Å². The minimum atomic E-state index is -0.550. The van der Waals surface area contributed by atoms with Crippen LogP contribution in [-0.4, -0.2) is 25.1 Å². The van der Waals surface area contributed by atoms with Gasteiger partial charge in [-0.15, -0.1) is 0 Å². The van der Waals surface area contributed by atoms with Gasteiger partial charge >= 0.3 is 0 Å². The summed E-state index contributed by atoms with van der Waals surface area (Å²) < 4.78 is 5.21. The van der Waals surface area contributed by atoms with Crippen LogP contribution < -0.4 is 15.5 Å². The summed E-state index contributed by atoms with van der Waals surface area (Å²) in [6.45, 7) is 0. The molecule has 6 nitrogen and oxygen atoms in total. The van der Waals surface area contributed by atoms with E-state index in [1.807, 2.05) is 54.6 Å². The first-order valence-electron chi connectivity index (χ1n) is 12.1. The summed E-state index contributed by atoms with van der Waals surface area (Å²) in [5, 5.41) is 11.2. The van der Waals surface area contributed by atoms with E-state index in [1.165, 1.54) is 0 Å². The topological polar surface area (TPSA) is 79.8 Å². The molecule has 0 fully saturated rings. The zero-order valence-corrected chi connectivity index (χ0v) is 20.7. The van der Waals surface area contributed by atoms with Crippen LogP contribution in [0.4, 0.5) is 0 Å². The highest BCUT2D eigenvalue weighted by atomic mass is 16.5. The van der Waals surface area contributed by atoms with Crippen molar-refractivity contribution in [2.75, 3.05) is 7.11 Å². The molecule has 0 aliphatic carbocycles. The second kappa shape index (κ2) is 11.2. The monoisotopic (exact) mass is 499 g/mol. The van der Waals surface area contributed by atoms with Gasteiger partial charge in [-0.2, -0.15) is 5.10 Å². The predicted octanol–water partition coefficient (Wildman–Crippen LogP) is 5.92. The Morgan fingerprint density at radius 3 is 2.00 bits per heavy atom. The molecule has 0 heterocycles. The molecule has 0 bridgehead atoms. The van der Waals surface area contributed by atoms with E-state index in [1.54, 1.807) is 67.9 Å². The molecule has 0 aliphatic rings. The van der Waals surface area contributed by atoms with Gasteiger partial charge in [0.15, 0.2) is 0 Å². The number of methoxy groups -OCH3 is 1. The van der Waals surface area contributed by atoms with Crippen LogP contribution in [0.15, 0.2) is 120 Å². The molecule has 2 amide bonds. The van der Waals surface area contributed by atoms with Crippen LogP contribution in [0.5, 0.6) is 5.75 Å². The van der Waals surface area contributed by atoms with Crippen LogP contribution in [0.1, 0.15) is 21.5 Å². The predicted molar refractivity (Wildman–Crippen MR) is 152 cm³/mol. The van der Waals surface area contributed by atoms with E-state index in [0.29, 0.717) is 16.9 Å². The largest absolute Gasteiger partial charge is 0.497 e. The summed E-state index contributed by atoms with van der Waals surface area (Å²) in [4.78, 5) is 26.1. The molecule has 5 rings (SSSR count). The first-order chi connectivity index (χ1) is 18.6. The number of hydrazone groups is 1. The van der Waals surface area contributed by atoms with E-state index in [0.717, 1.165) is 27.1 Å². The Hall–Kier alpha value is -5.23. The van der Waals surface area contributed by atoms with E-state index in [-0.39, 0.29) is 5.70 Å². The molecule has 186 valence electrons. The van der Waals surface area contributed by atoms with Gasteiger partial charge in [-0.25, -0.2) is 5.43 Å². The zero-order chi connectivity index (χ0) is 26.3. The molecule has 0 atom stereocenters. The number of carbonyl (C=O) groups is 2. The van der Waals surface area contributed by atoms with Crippen molar-refractivity contribution in [2.24, 2.45) is 5.10 Å². The Bertz CT molecular complexity index is 1620. The number of carbonyl (C=O) groups excluding carboxylic acids is 2. The highest BCUT2D eigenvalue weighted by Gasteiger charge is 2.14. The summed E-state index contributed by atoms with van der Waals surface area (Å²) in [5.74, 6) is -0.260. The highest BCUT2D eigenvalue weighted by molar-refractivity contribution is 6.13. The molecule has 0 aromatic heterocycles. The van der Waals surface area contributed by atoms with Gasteiger partial charge in [0.2, 0.25) is 0 Å². The summed E-state index contributed by atoms with van der Waals surface area (Å²) in [5.41, 5.74) is 4.69. The molecule has 0 radical (unpaired) electrons. The Balaban J connectivity index is 1.45. The molecule has 6 heteroatoms. The second-order valence-corrected chi connectivity index (χ2v) is 8.58. The first-order valence-corrected chi connectivity index (χ1v) is 12.1. The third-order valence-electron chi connectivity index (χ3n) is 6.13. The van der Waals surface area contributed by atoms with Crippen LogP contribution in [0.25, 0.3) is 27.6 Å². The number of ether oxygens (including phenoxy) is 1. The quantitative estimate of drug-likeness (QED) is 0.126. The fourth-order valence-electron chi connectivity index (χ4n) is 4.21. The van der Waals surface area contributed by atoms with Crippen LogP contribution in [-0.2, 0) is 4.79 Å². The zero-order valence-electron chi connectivity index (χ0n) is 20.7. The summed E-state index contributed by atoms with van der Waals surface area (Å²) in [6, 6.07) is 34.1. The number of fused-ring (bicyclic) bond motifs is 2. The van der Waals surface area contributed by atoms with E-state index >= 15 is 0 Å². The van der Waals surface area contributed by atoms with Crippen LogP contribution >= 0.6 is 0 Å². The fraction of sp³-hybridized carbons (Fsp3) is 0.0312. The molecule has 0 saturated heterocycles. The maximum Gasteiger partial charge on any atom is 0.287 e. The van der Waals surface area contributed by atoms with Crippen molar-refractivity contribution in [3.8, 4) is 5.75 Å². The molecule has 0 spiro atoms. The van der Waals surface area contributed by atoms with Gasteiger partial charge in [-0.1, -0.05) is 78.9 Å². The minimum Gasteiger partial charge on any atom is -0.497 e. The van der Waals surface area contributed by atoms with Gasteiger partial charge in [0.25, 0.3) is 11.8 Å². The molecule has 0 saturated carbocycles. The van der Waals surface area contributed by atoms with E-state index in [2.05, 4.69) is 21.9 Å². The van der Waals surface area contributed by atoms with Crippen molar-refractivity contribution in [1.82, 2.24) is 10.7 Å². The van der Waals surface area contributed by atoms with Gasteiger partial charge in [-0.3, -0.25) is 9.59 Å². The average molecular weight is 500 g/mol. The number of hydrogen-bond acceptors (Lipinski definition) is 4. The summed E-state index contributed by atoms with van der Waals surface area (Å²) in [6.07, 6.45) is 3.24. The summed E-state index contributed by atoms with van der Waals surface area (Å²) >= 11 is 0. The maximum atomic E-state index is 13.2. The lowest BCUT2D eigenvalue weighted by Gasteiger charge is -2.10. The third-order valence-corrected chi connectivity index (χ3v) is 6.13. The normalized spacial score (nSPS) is 11.6. The van der Waals surface area contributed by atoms with Crippen LogP contribution in [0.2, 0.25) is 0 Å². The Labute approximate surface area is 220 Å². The second-order valence-electron chi connectivity index (χ2n) is 8.58. The number of nitrogens with zero attached hydrogens (tertiary/aromatic N) is 1. The molecule has 0 unspecified atom stereocenters. The van der Waals surface area contributed by atoms with Crippen molar-refractivity contribution in [1.29, 1.82) is 0 Å². The molecule has 5 aromatic rings. The van der Waals surface area contributed by atoms with Crippen molar-refractivity contribution < 1.29 is 14.3 Å². The SMILES string of the molecule is COc1ccc(C=C(NC(=O)c2ccccc2)C(=O)NN=Cc2c3ccccc3cc3ccccc23)cc1. The van der Waals surface area contributed by atoms with Crippen molar-refractivity contribution in [2.45, 2.75) is 0 Å². The van der Waals surface area contributed by atoms with Crippen LogP contribution in [0, 0.1) is 0 Å². The third kappa shape index (κ3) is 5.44. The molecule has 5 aromatic carbocycles. The Morgan fingerprint density at radius 2 is 1.37 bits per heavy atom. The van der Waals surface area contributed by atoms with E-state index in [4.69, 9.17) is 4.74 Å². The molecule has 38 heavy (non-hydrogen) atoms. The first kappa shape index (κ1) is 24.5. The Kier molecular flexibility index (Phi) is 7.23. The molecular formula is C32H25N3O3. The smallest absolute Gasteiger partial charge is 0.287 e. The van der Waals surface area contributed by atoms with Crippen LogP contribution in [0.3, 0.4) is 0 Å². The lowest BCUT2D eigenvalue weighted by Crippen LogP contribution is -2.32. The number of hydrogen-bond donors (Lipinski definition) is 2. The maximum absolute atomic E-state index is 13.2. The number of benzene rings is 5. The number of rotatable bonds is 7. The lowest BCUT2D eigenvalue weighted by atomic mass is 9.97. The Morgan fingerprint density at radius 1 is 0.763 bits per heavy atom. The fourth-order valence-corrected chi connectivity index (χ4v) is 4.21. The van der Waals surface area contributed by atoms with Gasteiger partial charge in [-0.05, 0) is 63.5 Å². The van der Waals surface area contributed by atoms with Crippen molar-refractivity contribution >= 4 is 45.6 Å². The van der Waals surface area contributed by atoms with Gasteiger partial charge in [0, 0.05) is 11.1 Å². The standard InChI is InChI=1S/C32H25N3O3/c1-38-26-17-15-22(16-18-26)19-30(34-31(36)23-9-3-2-4-10-23)32(37)35-33-21-29-27-13-7-5-11-24(27)20-25-12-6-8-14-28(25)29/h2-21H,1H3,(H,34,36)(H,35,37). The van der Waals surface area contributed by atoms with Gasteiger partial charge in [0.1, 0.15) is 11.4 Å². The molecule has 0 aliphatic heterocycles. The van der Waals surface area contributed by atoms with Crippen molar-refractivity contribution in [3.63, 3.8) is 0 Å². The molecular weight excluding hydrogens is 474 g/mol. The number of amides is 2. The average Bonchev–Trinajstić information content (AvgIpc) is 2.97. The minimum absolute atomic E-state index is 0.0592.